The Balaban J connectivity index is 1.70. The molecule has 0 heterocycles. The van der Waals surface area contributed by atoms with Gasteiger partial charge in [-0.25, -0.2) is 0 Å². The number of rotatable bonds is 4. The molecule has 136 valence electrons. The maximum atomic E-state index is 12.6. The number of hydrogen-bond acceptors (Lipinski definition) is 4. The SMILES string of the molecule is Nc1ccccc1C(=O)NC1CCCCC1NC(=O)c1ccccc1N. The van der Waals surface area contributed by atoms with Gasteiger partial charge in [0.05, 0.1) is 11.1 Å². The number of carbonyl (C=O) groups is 2. The van der Waals surface area contributed by atoms with Crippen LogP contribution >= 0.6 is 0 Å². The molecule has 0 spiro atoms. The predicted octanol–water partition coefficient (Wildman–Crippen LogP) is 2.32. The summed E-state index contributed by atoms with van der Waals surface area (Å²) in [4.78, 5) is 25.1. The zero-order valence-corrected chi connectivity index (χ0v) is 14.6. The van der Waals surface area contributed by atoms with Gasteiger partial charge in [-0.3, -0.25) is 9.59 Å². The minimum atomic E-state index is -0.214. The number of carbonyl (C=O) groups excluding carboxylic acids is 2. The lowest BCUT2D eigenvalue weighted by atomic mass is 9.89. The standard InChI is InChI=1S/C20H24N4O2/c21-15-9-3-1-7-13(15)19(25)23-17-11-5-6-12-18(17)24-20(26)14-8-2-4-10-16(14)22/h1-4,7-10,17-18H,5-6,11-12,21-22H2,(H,23,25)(H,24,26). The average molecular weight is 352 g/mol. The summed E-state index contributed by atoms with van der Waals surface area (Å²) >= 11 is 0. The van der Waals surface area contributed by atoms with E-state index in [-0.39, 0.29) is 23.9 Å². The fourth-order valence-corrected chi connectivity index (χ4v) is 3.38. The van der Waals surface area contributed by atoms with Gasteiger partial charge in [0.15, 0.2) is 0 Å². The Morgan fingerprint density at radius 1 is 0.731 bits per heavy atom. The molecule has 1 saturated carbocycles. The highest BCUT2D eigenvalue weighted by Gasteiger charge is 2.29. The van der Waals surface area contributed by atoms with Crippen LogP contribution in [0.15, 0.2) is 48.5 Å². The lowest BCUT2D eigenvalue weighted by Crippen LogP contribution is -2.53. The molecule has 2 atom stereocenters. The molecule has 6 nitrogen and oxygen atoms in total. The van der Waals surface area contributed by atoms with Gasteiger partial charge in [0, 0.05) is 23.5 Å². The van der Waals surface area contributed by atoms with Crippen molar-refractivity contribution in [3.8, 4) is 0 Å². The summed E-state index contributed by atoms with van der Waals surface area (Å²) in [6.45, 7) is 0. The Labute approximate surface area is 153 Å². The van der Waals surface area contributed by atoms with E-state index in [4.69, 9.17) is 11.5 Å². The summed E-state index contributed by atoms with van der Waals surface area (Å²) in [6, 6.07) is 13.7. The molecule has 2 unspecified atom stereocenters. The summed E-state index contributed by atoms with van der Waals surface area (Å²) in [5.74, 6) is -0.429. The van der Waals surface area contributed by atoms with Crippen LogP contribution in [0.25, 0.3) is 0 Å². The highest BCUT2D eigenvalue weighted by atomic mass is 16.2. The molecule has 0 aromatic heterocycles. The lowest BCUT2D eigenvalue weighted by Gasteiger charge is -2.33. The van der Waals surface area contributed by atoms with E-state index in [1.807, 2.05) is 0 Å². The molecular formula is C20H24N4O2. The van der Waals surface area contributed by atoms with Crippen LogP contribution in [0.2, 0.25) is 0 Å². The molecule has 0 aliphatic heterocycles. The van der Waals surface area contributed by atoms with Crippen molar-refractivity contribution in [2.45, 2.75) is 37.8 Å². The maximum Gasteiger partial charge on any atom is 0.253 e. The molecule has 2 amide bonds. The van der Waals surface area contributed by atoms with Crippen LogP contribution in [0.5, 0.6) is 0 Å². The van der Waals surface area contributed by atoms with Crippen molar-refractivity contribution in [1.29, 1.82) is 0 Å². The van der Waals surface area contributed by atoms with E-state index < -0.39 is 0 Å². The van der Waals surface area contributed by atoms with Crippen molar-refractivity contribution in [3.05, 3.63) is 59.7 Å². The fraction of sp³-hybridized carbons (Fsp3) is 0.300. The number of nitrogens with one attached hydrogen (secondary N) is 2. The third-order valence-electron chi connectivity index (χ3n) is 4.81. The van der Waals surface area contributed by atoms with Gasteiger partial charge in [0.25, 0.3) is 11.8 Å². The van der Waals surface area contributed by atoms with Gasteiger partial charge < -0.3 is 22.1 Å². The van der Waals surface area contributed by atoms with E-state index in [2.05, 4.69) is 10.6 Å². The van der Waals surface area contributed by atoms with E-state index in [1.54, 1.807) is 48.5 Å². The molecule has 6 N–H and O–H groups in total. The molecule has 2 aromatic rings. The second-order valence-electron chi connectivity index (χ2n) is 6.62. The Kier molecular flexibility index (Phi) is 5.41. The van der Waals surface area contributed by atoms with Gasteiger partial charge in [0.2, 0.25) is 0 Å². The van der Waals surface area contributed by atoms with Gasteiger partial charge in [-0.2, -0.15) is 0 Å². The van der Waals surface area contributed by atoms with Gasteiger partial charge in [-0.15, -0.1) is 0 Å². The number of hydrogen-bond donors (Lipinski definition) is 4. The van der Waals surface area contributed by atoms with Gasteiger partial charge in [-0.05, 0) is 37.1 Å². The Morgan fingerprint density at radius 2 is 1.12 bits per heavy atom. The van der Waals surface area contributed by atoms with Crippen LogP contribution in [0, 0.1) is 0 Å². The van der Waals surface area contributed by atoms with Crippen LogP contribution in [-0.2, 0) is 0 Å². The van der Waals surface area contributed by atoms with Crippen molar-refractivity contribution >= 4 is 23.2 Å². The first-order chi connectivity index (χ1) is 12.6. The third kappa shape index (κ3) is 3.96. The Morgan fingerprint density at radius 3 is 1.50 bits per heavy atom. The molecule has 6 heteroatoms. The second-order valence-corrected chi connectivity index (χ2v) is 6.62. The topological polar surface area (TPSA) is 110 Å². The predicted molar refractivity (Wildman–Crippen MR) is 103 cm³/mol. The number of anilines is 2. The molecule has 1 fully saturated rings. The van der Waals surface area contributed by atoms with Gasteiger partial charge in [0.1, 0.15) is 0 Å². The molecule has 1 aliphatic rings. The van der Waals surface area contributed by atoms with Crippen molar-refractivity contribution in [2.75, 3.05) is 11.5 Å². The minimum absolute atomic E-state index is 0.134. The first-order valence-electron chi connectivity index (χ1n) is 8.87. The first kappa shape index (κ1) is 17.8. The fourth-order valence-electron chi connectivity index (χ4n) is 3.38. The summed E-state index contributed by atoms with van der Waals surface area (Å²) in [5.41, 5.74) is 13.6. The normalized spacial score (nSPS) is 19.5. The summed E-state index contributed by atoms with van der Waals surface area (Å²) in [6.07, 6.45) is 3.64. The molecule has 0 radical (unpaired) electrons. The Bertz CT molecular complexity index is 738. The average Bonchev–Trinajstić information content (AvgIpc) is 2.64. The molecule has 0 saturated heterocycles. The smallest absolute Gasteiger partial charge is 0.253 e. The number of benzene rings is 2. The van der Waals surface area contributed by atoms with Crippen LogP contribution in [-0.4, -0.2) is 23.9 Å². The highest BCUT2D eigenvalue weighted by Crippen LogP contribution is 2.21. The minimum Gasteiger partial charge on any atom is -0.398 e. The number of para-hydroxylation sites is 2. The monoisotopic (exact) mass is 352 g/mol. The van der Waals surface area contributed by atoms with Gasteiger partial charge in [-0.1, -0.05) is 37.1 Å². The lowest BCUT2D eigenvalue weighted by molar-refractivity contribution is 0.0863. The van der Waals surface area contributed by atoms with Crippen molar-refractivity contribution < 1.29 is 9.59 Å². The van der Waals surface area contributed by atoms with E-state index in [0.29, 0.717) is 22.5 Å². The largest absolute Gasteiger partial charge is 0.398 e. The molecule has 26 heavy (non-hydrogen) atoms. The van der Waals surface area contributed by atoms with E-state index >= 15 is 0 Å². The van der Waals surface area contributed by atoms with Crippen LogP contribution in [0.1, 0.15) is 46.4 Å². The van der Waals surface area contributed by atoms with Crippen molar-refractivity contribution in [1.82, 2.24) is 10.6 Å². The van der Waals surface area contributed by atoms with Gasteiger partial charge >= 0.3 is 0 Å². The third-order valence-corrected chi connectivity index (χ3v) is 4.81. The first-order valence-corrected chi connectivity index (χ1v) is 8.87. The number of nitrogens with two attached hydrogens (primary N) is 2. The summed E-state index contributed by atoms with van der Waals surface area (Å²) in [7, 11) is 0. The van der Waals surface area contributed by atoms with Crippen LogP contribution in [0.4, 0.5) is 11.4 Å². The zero-order valence-electron chi connectivity index (χ0n) is 14.6. The Hall–Kier alpha value is -3.02. The van der Waals surface area contributed by atoms with Crippen LogP contribution < -0.4 is 22.1 Å². The number of amides is 2. The summed E-state index contributed by atoms with van der Waals surface area (Å²) in [5, 5.41) is 6.07. The molecule has 3 rings (SSSR count). The highest BCUT2D eigenvalue weighted by molar-refractivity contribution is 6.00. The van der Waals surface area contributed by atoms with Crippen LogP contribution in [0.3, 0.4) is 0 Å². The number of nitrogen functional groups attached to an aromatic ring is 2. The molecule has 2 aromatic carbocycles. The maximum absolute atomic E-state index is 12.6. The summed E-state index contributed by atoms with van der Waals surface area (Å²) < 4.78 is 0. The van der Waals surface area contributed by atoms with Crippen molar-refractivity contribution in [3.63, 3.8) is 0 Å². The van der Waals surface area contributed by atoms with E-state index in [1.165, 1.54) is 0 Å². The second kappa shape index (κ2) is 7.91. The zero-order chi connectivity index (χ0) is 18.5. The molecular weight excluding hydrogens is 328 g/mol. The molecule has 0 bridgehead atoms. The van der Waals surface area contributed by atoms with E-state index in [0.717, 1.165) is 25.7 Å². The molecule has 1 aliphatic carbocycles. The van der Waals surface area contributed by atoms with Crippen molar-refractivity contribution in [2.24, 2.45) is 0 Å². The quantitative estimate of drug-likeness (QED) is 0.633. The van der Waals surface area contributed by atoms with E-state index in [9.17, 15) is 9.59 Å².